The van der Waals surface area contributed by atoms with Gasteiger partial charge in [0.15, 0.2) is 0 Å². The van der Waals surface area contributed by atoms with E-state index in [0.717, 1.165) is 19.8 Å². The largest absolute Gasteiger partial charge is 0.263 e. The monoisotopic (exact) mass is 206 g/mol. The van der Waals surface area contributed by atoms with Crippen LogP contribution in [0, 0.1) is 13.1 Å². The van der Waals surface area contributed by atoms with Gasteiger partial charge in [0.05, 0.1) is 14.1 Å². The van der Waals surface area contributed by atoms with Crippen LogP contribution in [0.25, 0.3) is 0 Å². The highest BCUT2D eigenvalue weighted by Gasteiger charge is 2.35. The van der Waals surface area contributed by atoms with E-state index < -0.39 is 0 Å². The maximum atomic E-state index is 3.33. The van der Waals surface area contributed by atoms with Gasteiger partial charge in [-0.2, -0.15) is 0 Å². The number of rotatable bonds is 2. The van der Waals surface area contributed by atoms with Crippen LogP contribution >= 0.6 is 0 Å². The van der Waals surface area contributed by atoms with E-state index in [4.69, 9.17) is 0 Å². The quantitative estimate of drug-likeness (QED) is 0.579. The molecule has 4 radical (unpaired) electrons. The predicted molar refractivity (Wildman–Crippen MR) is 58.5 cm³/mol. The molecule has 80 valence electrons. The minimum absolute atomic E-state index is 0.826. The van der Waals surface area contributed by atoms with E-state index in [1.807, 2.05) is 0 Å². The van der Waals surface area contributed by atoms with Crippen molar-refractivity contribution in [2.24, 2.45) is 0 Å². The molecule has 0 aromatic rings. The zero-order valence-corrected chi connectivity index (χ0v) is 9.91. The lowest BCUT2D eigenvalue weighted by Crippen LogP contribution is -2.37. The van der Waals surface area contributed by atoms with Crippen molar-refractivity contribution in [2.45, 2.75) is 13.8 Å². The Morgan fingerprint density at radius 3 is 1.67 bits per heavy atom. The Labute approximate surface area is 92.1 Å². The zero-order chi connectivity index (χ0) is 11.0. The van der Waals surface area contributed by atoms with E-state index in [0.29, 0.717) is 0 Å². The van der Waals surface area contributed by atoms with E-state index in [9.17, 15) is 0 Å². The van der Waals surface area contributed by atoms with Gasteiger partial charge in [-0.05, 0) is 0 Å². The molecule has 4 nitrogen and oxygen atoms in total. The summed E-state index contributed by atoms with van der Waals surface area (Å²) in [4.78, 5) is 4.30. The van der Waals surface area contributed by atoms with Crippen LogP contribution in [0.5, 0.6) is 0 Å². The highest BCUT2D eigenvalue weighted by molar-refractivity contribution is 5.79. The Morgan fingerprint density at radius 1 is 1.00 bits per heavy atom. The molecule has 2 aliphatic heterocycles. The first kappa shape index (κ1) is 10.5. The van der Waals surface area contributed by atoms with Gasteiger partial charge in [0.2, 0.25) is 31.4 Å². The third-order valence-corrected chi connectivity index (χ3v) is 3.17. The summed E-state index contributed by atoms with van der Waals surface area (Å²) in [5, 5.41) is 0. The van der Waals surface area contributed by atoms with Crippen LogP contribution in [0.15, 0.2) is 0 Å². The summed E-state index contributed by atoms with van der Waals surface area (Å²) in [6.45, 7) is 13.5. The second kappa shape index (κ2) is 3.83. The second-order valence-electron chi connectivity index (χ2n) is 4.12. The van der Waals surface area contributed by atoms with Gasteiger partial charge in [0, 0.05) is 13.8 Å². The van der Waals surface area contributed by atoms with Crippen molar-refractivity contribution in [1.29, 1.82) is 0 Å². The number of amidine groups is 2. The number of likely N-dealkylation sites (N-methyl/N-ethyl adjacent to an activating group) is 2. The summed E-state index contributed by atoms with van der Waals surface area (Å²) in [7, 11) is 4.17. The maximum absolute atomic E-state index is 3.33. The lowest BCUT2D eigenvalue weighted by molar-refractivity contribution is -0.484. The highest BCUT2D eigenvalue weighted by Crippen LogP contribution is 2.10. The topological polar surface area (TPSA) is 12.5 Å². The molecule has 0 spiro atoms. The average molecular weight is 206 g/mol. The van der Waals surface area contributed by atoms with Crippen molar-refractivity contribution < 1.29 is 9.15 Å². The summed E-state index contributed by atoms with van der Waals surface area (Å²) >= 11 is 0. The van der Waals surface area contributed by atoms with Crippen LogP contribution in [0.2, 0.25) is 0 Å². The molecule has 2 aliphatic rings. The molecular weight excluding hydrogens is 188 g/mol. The molecule has 0 aromatic heterocycles. The first-order chi connectivity index (χ1) is 7.09. The first-order valence-corrected chi connectivity index (χ1v) is 5.21. The molecule has 0 N–H and O–H groups in total. The Morgan fingerprint density at radius 2 is 1.40 bits per heavy atom. The minimum atomic E-state index is 0.826. The molecule has 0 fully saturated rings. The van der Waals surface area contributed by atoms with Gasteiger partial charge < -0.3 is 0 Å². The van der Waals surface area contributed by atoms with Gasteiger partial charge >= 0.3 is 0 Å². The van der Waals surface area contributed by atoms with Crippen LogP contribution in [0.3, 0.4) is 0 Å². The van der Waals surface area contributed by atoms with Crippen LogP contribution < -0.4 is 0 Å². The minimum Gasteiger partial charge on any atom is -0.263 e. The maximum Gasteiger partial charge on any atom is 0.250 e. The van der Waals surface area contributed by atoms with E-state index in [1.54, 1.807) is 0 Å². The Balaban J connectivity index is 2.00. The van der Waals surface area contributed by atoms with Gasteiger partial charge in [0.25, 0.3) is 0 Å². The van der Waals surface area contributed by atoms with Gasteiger partial charge in [-0.15, -0.1) is 0 Å². The smallest absolute Gasteiger partial charge is 0.250 e. The average Bonchev–Trinajstić information content (AvgIpc) is 2.68. The summed E-state index contributed by atoms with van der Waals surface area (Å²) in [6, 6.07) is 0. The number of hydrogen-bond donors (Lipinski definition) is 0. The Hall–Kier alpha value is -1.06. The van der Waals surface area contributed by atoms with Gasteiger partial charge in [0.1, 0.15) is 13.1 Å². The van der Waals surface area contributed by atoms with Crippen LogP contribution in [0.4, 0.5) is 0 Å². The lowest BCUT2D eigenvalue weighted by Gasteiger charge is -2.13. The summed E-state index contributed by atoms with van der Waals surface area (Å²) in [5.74, 6) is 2.50. The highest BCUT2D eigenvalue weighted by atomic mass is 15.4. The van der Waals surface area contributed by atoms with Gasteiger partial charge in [-0.25, -0.2) is 9.80 Å². The molecule has 0 bridgehead atoms. The SMILES string of the molecule is CC1=[N+](C)C[C]N1CN1[C]C[N+](C)=C1C. The fraction of sp³-hybridized carbons (Fsp3) is 0.636. The molecule has 2 heterocycles. The summed E-state index contributed by atoms with van der Waals surface area (Å²) in [6.07, 6.45) is 0. The molecule has 0 aromatic carbocycles. The van der Waals surface area contributed by atoms with Crippen LogP contribution in [-0.2, 0) is 0 Å². The standard InChI is InChI=1S/C11H18N4/c1-10-12(3)5-7-14(10)9-15-8-6-13(4)11(15)2/h5-6,9H2,1-4H3/q+2. The van der Waals surface area contributed by atoms with Crippen LogP contribution in [-0.4, -0.2) is 64.5 Å². The van der Waals surface area contributed by atoms with Crippen molar-refractivity contribution in [2.75, 3.05) is 33.9 Å². The van der Waals surface area contributed by atoms with Crippen molar-refractivity contribution in [3.8, 4) is 0 Å². The van der Waals surface area contributed by atoms with E-state index in [1.165, 1.54) is 11.7 Å². The fourth-order valence-corrected chi connectivity index (χ4v) is 1.70. The van der Waals surface area contributed by atoms with Crippen LogP contribution in [0.1, 0.15) is 13.8 Å². The molecule has 0 atom stereocenters. The summed E-state index contributed by atoms with van der Waals surface area (Å²) in [5.41, 5.74) is 0. The van der Waals surface area contributed by atoms with E-state index in [2.05, 4.69) is 60.0 Å². The van der Waals surface area contributed by atoms with Crippen molar-refractivity contribution in [1.82, 2.24) is 9.80 Å². The van der Waals surface area contributed by atoms with Crippen molar-refractivity contribution in [3.05, 3.63) is 13.1 Å². The number of hydrogen-bond acceptors (Lipinski definition) is 2. The van der Waals surface area contributed by atoms with E-state index >= 15 is 0 Å². The molecule has 2 rings (SSSR count). The fourth-order valence-electron chi connectivity index (χ4n) is 1.70. The molecule has 0 amide bonds. The molecular formula is C11H18N4+2. The zero-order valence-electron chi connectivity index (χ0n) is 9.91. The third-order valence-electron chi connectivity index (χ3n) is 3.17. The third kappa shape index (κ3) is 1.85. The first-order valence-electron chi connectivity index (χ1n) is 5.21. The predicted octanol–water partition coefficient (Wildman–Crippen LogP) is -0.226. The summed E-state index contributed by atoms with van der Waals surface area (Å²) < 4.78 is 4.38. The molecule has 0 unspecified atom stereocenters. The Kier molecular flexibility index (Phi) is 2.67. The molecule has 0 saturated heterocycles. The van der Waals surface area contributed by atoms with Gasteiger partial charge in [-0.3, -0.25) is 9.15 Å². The molecule has 0 saturated carbocycles. The number of nitrogens with zero attached hydrogens (tertiary/aromatic N) is 4. The van der Waals surface area contributed by atoms with Gasteiger partial charge in [-0.1, -0.05) is 0 Å². The Bertz CT molecular complexity index is 297. The van der Waals surface area contributed by atoms with E-state index in [-0.39, 0.29) is 0 Å². The molecule has 4 heteroatoms. The lowest BCUT2D eigenvalue weighted by atomic mass is 10.5. The van der Waals surface area contributed by atoms with Crippen molar-refractivity contribution in [3.63, 3.8) is 0 Å². The molecule has 0 aliphatic carbocycles. The normalized spacial score (nSPS) is 22.4. The van der Waals surface area contributed by atoms with Crippen molar-refractivity contribution >= 4 is 11.7 Å². The second-order valence-corrected chi connectivity index (χ2v) is 4.12. The molecule has 15 heavy (non-hydrogen) atoms.